The van der Waals surface area contributed by atoms with Gasteiger partial charge in [0, 0.05) is 16.9 Å². The lowest BCUT2D eigenvalue weighted by atomic mass is 10.1. The molecule has 0 saturated carbocycles. The Bertz CT molecular complexity index is 1100. The molecule has 6 heteroatoms. The van der Waals surface area contributed by atoms with Crippen molar-refractivity contribution in [2.75, 3.05) is 17.7 Å². The molecule has 0 spiro atoms. The number of methoxy groups -OCH3 is 1. The number of para-hydroxylation sites is 1. The summed E-state index contributed by atoms with van der Waals surface area (Å²) in [6, 6.07) is 20.9. The maximum atomic E-state index is 12.3. The number of hydrogen-bond donors (Lipinski definition) is 2. The maximum Gasteiger partial charge on any atom is 0.323 e. The number of benzene rings is 3. The minimum absolute atomic E-state index is 0.291. The smallest absolute Gasteiger partial charge is 0.323 e. The molecule has 0 bridgehead atoms. The summed E-state index contributed by atoms with van der Waals surface area (Å²) in [5.41, 5.74) is 4.47. The zero-order valence-electron chi connectivity index (χ0n) is 15.5. The van der Waals surface area contributed by atoms with E-state index in [0.29, 0.717) is 5.69 Å². The Kier molecular flexibility index (Phi) is 4.95. The molecule has 2 amide bonds. The largest absolute Gasteiger partial charge is 0.497 e. The van der Waals surface area contributed by atoms with Crippen LogP contribution in [0.5, 0.6) is 5.75 Å². The molecule has 1 heterocycles. The highest BCUT2D eigenvalue weighted by molar-refractivity contribution is 7.21. The van der Waals surface area contributed by atoms with Gasteiger partial charge in [-0.1, -0.05) is 12.1 Å². The van der Waals surface area contributed by atoms with Crippen LogP contribution in [0.2, 0.25) is 0 Å². The van der Waals surface area contributed by atoms with Crippen molar-refractivity contribution in [2.24, 2.45) is 0 Å². The van der Waals surface area contributed by atoms with Crippen LogP contribution in [0.3, 0.4) is 0 Å². The van der Waals surface area contributed by atoms with E-state index in [-0.39, 0.29) is 6.03 Å². The molecule has 4 aromatic rings. The Morgan fingerprint density at radius 2 is 1.79 bits per heavy atom. The number of amides is 2. The minimum Gasteiger partial charge on any atom is -0.497 e. The number of anilines is 2. The third-order valence-corrected chi connectivity index (χ3v) is 5.45. The van der Waals surface area contributed by atoms with E-state index < -0.39 is 0 Å². The molecule has 140 valence electrons. The van der Waals surface area contributed by atoms with Gasteiger partial charge >= 0.3 is 6.03 Å². The predicted octanol–water partition coefficient (Wildman–Crippen LogP) is 5.92. The van der Waals surface area contributed by atoms with Gasteiger partial charge in [-0.3, -0.25) is 0 Å². The SMILES string of the molecule is COc1ccc(NC(=O)Nc2ccc(-c3nc4ccccc4s3)cc2C)cc1. The second-order valence-electron chi connectivity index (χ2n) is 6.32. The number of carbonyl (C=O) groups is 1. The van der Waals surface area contributed by atoms with Gasteiger partial charge in [0.2, 0.25) is 0 Å². The first-order chi connectivity index (χ1) is 13.6. The van der Waals surface area contributed by atoms with Gasteiger partial charge < -0.3 is 15.4 Å². The van der Waals surface area contributed by atoms with Gasteiger partial charge in [0.25, 0.3) is 0 Å². The predicted molar refractivity (Wildman–Crippen MR) is 115 cm³/mol. The van der Waals surface area contributed by atoms with Gasteiger partial charge in [-0.15, -0.1) is 11.3 Å². The summed E-state index contributed by atoms with van der Waals surface area (Å²) >= 11 is 1.66. The third kappa shape index (κ3) is 3.82. The van der Waals surface area contributed by atoms with E-state index in [1.807, 2.05) is 43.3 Å². The molecule has 5 nitrogen and oxygen atoms in total. The molecule has 0 radical (unpaired) electrons. The van der Waals surface area contributed by atoms with Crippen LogP contribution in [0.4, 0.5) is 16.2 Å². The summed E-state index contributed by atoms with van der Waals surface area (Å²) in [4.78, 5) is 17.0. The van der Waals surface area contributed by atoms with Crippen LogP contribution < -0.4 is 15.4 Å². The molecule has 0 aliphatic rings. The highest BCUT2D eigenvalue weighted by Crippen LogP contribution is 2.32. The van der Waals surface area contributed by atoms with Crippen LogP contribution in [0.15, 0.2) is 66.7 Å². The zero-order chi connectivity index (χ0) is 19.5. The van der Waals surface area contributed by atoms with Crippen LogP contribution in [0.25, 0.3) is 20.8 Å². The highest BCUT2D eigenvalue weighted by atomic mass is 32.1. The lowest BCUT2D eigenvalue weighted by molar-refractivity contribution is 0.262. The number of urea groups is 1. The molecule has 4 rings (SSSR count). The van der Waals surface area contributed by atoms with Crippen molar-refractivity contribution >= 4 is 39.0 Å². The van der Waals surface area contributed by atoms with Crippen LogP contribution in [-0.4, -0.2) is 18.1 Å². The molecule has 2 N–H and O–H groups in total. The first-order valence-electron chi connectivity index (χ1n) is 8.81. The first kappa shape index (κ1) is 18.0. The number of ether oxygens (including phenoxy) is 1. The number of rotatable bonds is 4. The van der Waals surface area contributed by atoms with Crippen molar-refractivity contribution in [1.29, 1.82) is 0 Å². The average molecular weight is 389 g/mol. The van der Waals surface area contributed by atoms with Gasteiger partial charge in [0.15, 0.2) is 0 Å². The maximum absolute atomic E-state index is 12.3. The second kappa shape index (κ2) is 7.70. The van der Waals surface area contributed by atoms with E-state index in [2.05, 4.69) is 16.7 Å². The van der Waals surface area contributed by atoms with Gasteiger partial charge in [-0.25, -0.2) is 9.78 Å². The first-order valence-corrected chi connectivity index (χ1v) is 9.63. The van der Waals surface area contributed by atoms with Crippen molar-refractivity contribution in [3.8, 4) is 16.3 Å². The number of hydrogen-bond acceptors (Lipinski definition) is 4. The highest BCUT2D eigenvalue weighted by Gasteiger charge is 2.10. The van der Waals surface area contributed by atoms with E-state index in [1.54, 1.807) is 42.7 Å². The van der Waals surface area contributed by atoms with Crippen LogP contribution >= 0.6 is 11.3 Å². The van der Waals surface area contributed by atoms with E-state index >= 15 is 0 Å². The van der Waals surface area contributed by atoms with E-state index in [9.17, 15) is 4.79 Å². The van der Waals surface area contributed by atoms with Gasteiger partial charge in [0.1, 0.15) is 10.8 Å². The Morgan fingerprint density at radius 3 is 2.50 bits per heavy atom. The summed E-state index contributed by atoms with van der Waals surface area (Å²) in [5, 5.41) is 6.68. The number of nitrogens with one attached hydrogen (secondary N) is 2. The number of nitrogens with zero attached hydrogens (tertiary/aromatic N) is 1. The molecule has 0 aliphatic carbocycles. The summed E-state index contributed by atoms with van der Waals surface area (Å²) in [6.45, 7) is 1.97. The van der Waals surface area contributed by atoms with Crippen LogP contribution in [0, 0.1) is 6.92 Å². The summed E-state index contributed by atoms with van der Waals surface area (Å²) in [6.07, 6.45) is 0. The average Bonchev–Trinajstić information content (AvgIpc) is 3.14. The molecule has 0 fully saturated rings. The number of carbonyl (C=O) groups excluding carboxylic acids is 1. The molecule has 0 aliphatic heterocycles. The van der Waals surface area contributed by atoms with Crippen LogP contribution in [0.1, 0.15) is 5.56 Å². The van der Waals surface area contributed by atoms with Crippen molar-refractivity contribution < 1.29 is 9.53 Å². The Morgan fingerprint density at radius 1 is 1.00 bits per heavy atom. The van der Waals surface area contributed by atoms with E-state index in [0.717, 1.165) is 37.8 Å². The molecular formula is C22H19N3O2S. The lowest BCUT2D eigenvalue weighted by Crippen LogP contribution is -2.19. The molecular weight excluding hydrogens is 370 g/mol. The number of aromatic nitrogens is 1. The topological polar surface area (TPSA) is 63.2 Å². The molecule has 3 aromatic carbocycles. The minimum atomic E-state index is -0.291. The van der Waals surface area contributed by atoms with Crippen molar-refractivity contribution in [3.05, 3.63) is 72.3 Å². The van der Waals surface area contributed by atoms with Crippen molar-refractivity contribution in [3.63, 3.8) is 0 Å². The fourth-order valence-corrected chi connectivity index (χ4v) is 3.85. The summed E-state index contributed by atoms with van der Waals surface area (Å²) in [5.74, 6) is 0.743. The lowest BCUT2D eigenvalue weighted by Gasteiger charge is -2.11. The third-order valence-electron chi connectivity index (χ3n) is 4.36. The quantitative estimate of drug-likeness (QED) is 0.455. The van der Waals surface area contributed by atoms with Gasteiger partial charge in [-0.2, -0.15) is 0 Å². The second-order valence-corrected chi connectivity index (χ2v) is 7.35. The number of thiazole rings is 1. The Balaban J connectivity index is 1.48. The van der Waals surface area contributed by atoms with Crippen molar-refractivity contribution in [2.45, 2.75) is 6.92 Å². The molecule has 1 aromatic heterocycles. The van der Waals surface area contributed by atoms with Crippen molar-refractivity contribution in [1.82, 2.24) is 4.98 Å². The zero-order valence-corrected chi connectivity index (χ0v) is 16.3. The summed E-state index contributed by atoms with van der Waals surface area (Å²) in [7, 11) is 1.61. The molecule has 28 heavy (non-hydrogen) atoms. The molecule has 0 unspecified atom stereocenters. The van der Waals surface area contributed by atoms with E-state index in [1.165, 1.54) is 0 Å². The number of fused-ring (bicyclic) bond motifs is 1. The van der Waals surface area contributed by atoms with Gasteiger partial charge in [-0.05, 0) is 67.1 Å². The summed E-state index contributed by atoms with van der Waals surface area (Å²) < 4.78 is 6.28. The van der Waals surface area contributed by atoms with Gasteiger partial charge in [0.05, 0.1) is 17.3 Å². The van der Waals surface area contributed by atoms with Crippen LogP contribution in [-0.2, 0) is 0 Å². The number of aryl methyl sites for hydroxylation is 1. The Labute approximate surface area is 167 Å². The monoisotopic (exact) mass is 389 g/mol. The fourth-order valence-electron chi connectivity index (χ4n) is 2.89. The molecule has 0 saturated heterocycles. The normalized spacial score (nSPS) is 10.6. The fraction of sp³-hybridized carbons (Fsp3) is 0.0909. The Hall–Kier alpha value is -3.38. The standard InChI is InChI=1S/C22H19N3O2S/c1-14-13-15(21-24-19-5-3-4-6-20(19)28-21)7-12-18(14)25-22(26)23-16-8-10-17(27-2)11-9-16/h3-13H,1-2H3,(H2,23,25,26). The van der Waals surface area contributed by atoms with E-state index in [4.69, 9.17) is 9.72 Å². The molecule has 0 atom stereocenters.